The monoisotopic (exact) mass is 607 g/mol. The second kappa shape index (κ2) is 13.8. The number of nitrogens with zero attached hydrogens (tertiary/aromatic N) is 3. The van der Waals surface area contributed by atoms with E-state index in [1.165, 1.54) is 12.1 Å². The Morgan fingerprint density at radius 2 is 1.70 bits per heavy atom. The molecule has 0 bridgehead atoms. The van der Waals surface area contributed by atoms with Gasteiger partial charge in [0.25, 0.3) is 5.69 Å². The summed E-state index contributed by atoms with van der Waals surface area (Å²) in [7, 11) is 0. The summed E-state index contributed by atoms with van der Waals surface area (Å²) in [6.07, 6.45) is 2.94. The van der Waals surface area contributed by atoms with Crippen molar-refractivity contribution < 1.29 is 14.8 Å². The molecule has 0 spiro atoms. The van der Waals surface area contributed by atoms with Gasteiger partial charge >= 0.3 is 0 Å². The van der Waals surface area contributed by atoms with Gasteiger partial charge in [0.2, 0.25) is 0 Å². The lowest BCUT2D eigenvalue weighted by Gasteiger charge is -2.37. The molecule has 1 atom stereocenters. The quantitative estimate of drug-likeness (QED) is 0.178. The number of hydrogen-bond acceptors (Lipinski definition) is 6. The SMILES string of the molecule is Cl.O=[N+]([O-])c1ccc(OCC(O)CN2CCN(c3ccccc3Cl)CC2)c(/C=C/c2ccccc2Br)c1. The van der Waals surface area contributed by atoms with Gasteiger partial charge in [-0.2, -0.15) is 0 Å². The lowest BCUT2D eigenvalue weighted by molar-refractivity contribution is -0.384. The van der Waals surface area contributed by atoms with Gasteiger partial charge in [0, 0.05) is 54.9 Å². The van der Waals surface area contributed by atoms with Crippen LogP contribution in [0.4, 0.5) is 11.4 Å². The molecule has 37 heavy (non-hydrogen) atoms. The lowest BCUT2D eigenvalue weighted by atomic mass is 10.1. The fourth-order valence-electron chi connectivity index (χ4n) is 4.12. The van der Waals surface area contributed by atoms with Gasteiger partial charge in [-0.1, -0.05) is 70.0 Å². The van der Waals surface area contributed by atoms with Crippen molar-refractivity contribution in [2.45, 2.75) is 6.10 Å². The number of aliphatic hydroxyl groups is 1. The Hall–Kier alpha value is -2.62. The molecule has 1 aliphatic rings. The molecule has 4 rings (SSSR count). The first-order valence-electron chi connectivity index (χ1n) is 11.6. The van der Waals surface area contributed by atoms with Gasteiger partial charge in [-0.3, -0.25) is 15.0 Å². The number of hydrogen-bond donors (Lipinski definition) is 1. The van der Waals surface area contributed by atoms with E-state index in [1.54, 1.807) is 12.1 Å². The highest BCUT2D eigenvalue weighted by Crippen LogP contribution is 2.28. The summed E-state index contributed by atoms with van der Waals surface area (Å²) >= 11 is 9.83. The maximum Gasteiger partial charge on any atom is 0.270 e. The van der Waals surface area contributed by atoms with Crippen molar-refractivity contribution in [1.82, 2.24) is 4.90 Å². The number of nitro benzene ring substituents is 1. The average molecular weight is 609 g/mol. The molecule has 0 aromatic heterocycles. The highest BCUT2D eigenvalue weighted by Gasteiger charge is 2.21. The Morgan fingerprint density at radius 1 is 1.03 bits per heavy atom. The van der Waals surface area contributed by atoms with Gasteiger partial charge in [0.15, 0.2) is 0 Å². The normalized spacial score (nSPS) is 14.8. The predicted octanol–water partition coefficient (Wildman–Crippen LogP) is 6.16. The Morgan fingerprint density at radius 3 is 2.41 bits per heavy atom. The van der Waals surface area contributed by atoms with E-state index in [9.17, 15) is 15.2 Å². The lowest BCUT2D eigenvalue weighted by Crippen LogP contribution is -2.49. The Balaban J connectivity index is 0.00000380. The maximum atomic E-state index is 11.3. The number of β-amino-alcohol motifs (C(OH)–C–C–N with tert-alkyl or cyclic N) is 1. The molecule has 1 heterocycles. The smallest absolute Gasteiger partial charge is 0.270 e. The van der Waals surface area contributed by atoms with E-state index in [1.807, 2.05) is 54.6 Å². The summed E-state index contributed by atoms with van der Waals surface area (Å²) in [6.45, 7) is 3.82. The van der Waals surface area contributed by atoms with Crippen molar-refractivity contribution in [3.05, 3.63) is 97.5 Å². The zero-order chi connectivity index (χ0) is 25.5. The number of nitro groups is 1. The van der Waals surface area contributed by atoms with Crippen LogP contribution in [0.1, 0.15) is 11.1 Å². The van der Waals surface area contributed by atoms with Crippen molar-refractivity contribution in [1.29, 1.82) is 0 Å². The van der Waals surface area contributed by atoms with E-state index in [0.29, 0.717) is 17.9 Å². The van der Waals surface area contributed by atoms with Gasteiger partial charge in [-0.05, 0) is 29.8 Å². The number of non-ortho nitro benzene ring substituents is 1. The van der Waals surface area contributed by atoms with Crippen molar-refractivity contribution in [3.8, 4) is 5.75 Å². The molecule has 0 radical (unpaired) electrons. The second-order valence-electron chi connectivity index (χ2n) is 8.54. The third-order valence-electron chi connectivity index (χ3n) is 6.02. The molecule has 3 aromatic rings. The van der Waals surface area contributed by atoms with Gasteiger partial charge < -0.3 is 14.7 Å². The van der Waals surface area contributed by atoms with Crippen LogP contribution in [0.5, 0.6) is 5.75 Å². The minimum absolute atomic E-state index is 0. The van der Waals surface area contributed by atoms with Crippen molar-refractivity contribution >= 4 is 63.5 Å². The van der Waals surface area contributed by atoms with Crippen molar-refractivity contribution in [2.24, 2.45) is 0 Å². The zero-order valence-corrected chi connectivity index (χ0v) is 23.2. The summed E-state index contributed by atoms with van der Waals surface area (Å²) in [5.41, 5.74) is 2.52. The Kier molecular flexibility index (Phi) is 10.8. The van der Waals surface area contributed by atoms with Crippen LogP contribution in [0.2, 0.25) is 5.02 Å². The molecule has 7 nitrogen and oxygen atoms in total. The molecular formula is C27H28BrCl2N3O4. The van der Waals surface area contributed by atoms with Crippen LogP contribution >= 0.6 is 39.9 Å². The third-order valence-corrected chi connectivity index (χ3v) is 7.06. The van der Waals surface area contributed by atoms with Crippen molar-refractivity contribution in [3.63, 3.8) is 0 Å². The molecule has 1 unspecified atom stereocenters. The summed E-state index contributed by atoms with van der Waals surface area (Å²) in [4.78, 5) is 15.3. The second-order valence-corrected chi connectivity index (χ2v) is 9.80. The number of halogens is 3. The molecule has 1 N–H and O–H groups in total. The van der Waals surface area contributed by atoms with Crippen LogP contribution < -0.4 is 9.64 Å². The molecule has 1 fully saturated rings. The first kappa shape index (κ1) is 28.9. The highest BCUT2D eigenvalue weighted by molar-refractivity contribution is 9.10. The van der Waals surface area contributed by atoms with E-state index < -0.39 is 11.0 Å². The van der Waals surface area contributed by atoms with E-state index in [-0.39, 0.29) is 24.7 Å². The molecular weight excluding hydrogens is 581 g/mol. The summed E-state index contributed by atoms with van der Waals surface area (Å²) < 4.78 is 6.83. The van der Waals surface area contributed by atoms with Crippen LogP contribution in [-0.2, 0) is 0 Å². The number of aliphatic hydroxyl groups excluding tert-OH is 1. The molecule has 1 saturated heterocycles. The standard InChI is InChI=1S/C27H27BrClN3O4.ClH/c28-24-6-2-1-5-20(24)9-10-21-17-22(32(34)35)11-12-27(21)36-19-23(33)18-30-13-15-31(16-14-30)26-8-4-3-7-25(26)29;/h1-12,17,23,33H,13-16,18-19H2;1H/b10-9+;. The molecule has 0 saturated carbocycles. The summed E-state index contributed by atoms with van der Waals surface area (Å²) in [5, 5.41) is 22.7. The Bertz CT molecular complexity index is 1240. The minimum Gasteiger partial charge on any atom is -0.490 e. The van der Waals surface area contributed by atoms with Crippen LogP contribution in [0, 0.1) is 10.1 Å². The molecule has 10 heteroatoms. The van der Waals surface area contributed by atoms with Gasteiger partial charge in [-0.25, -0.2) is 0 Å². The van der Waals surface area contributed by atoms with Crippen LogP contribution in [0.25, 0.3) is 12.2 Å². The fraction of sp³-hybridized carbons (Fsp3) is 0.259. The van der Waals surface area contributed by atoms with Crippen LogP contribution in [-0.4, -0.2) is 60.4 Å². The fourth-order valence-corrected chi connectivity index (χ4v) is 4.79. The van der Waals surface area contributed by atoms with E-state index in [2.05, 4.69) is 25.7 Å². The number of anilines is 1. The van der Waals surface area contributed by atoms with E-state index in [4.69, 9.17) is 16.3 Å². The minimum atomic E-state index is -0.702. The first-order chi connectivity index (χ1) is 17.4. The molecule has 196 valence electrons. The zero-order valence-electron chi connectivity index (χ0n) is 20.0. The van der Waals surface area contributed by atoms with Gasteiger partial charge in [0.1, 0.15) is 18.5 Å². The number of benzene rings is 3. The van der Waals surface area contributed by atoms with E-state index >= 15 is 0 Å². The Labute approximate surface area is 236 Å². The largest absolute Gasteiger partial charge is 0.490 e. The molecule has 1 aliphatic heterocycles. The average Bonchev–Trinajstić information content (AvgIpc) is 2.88. The maximum absolute atomic E-state index is 11.3. The summed E-state index contributed by atoms with van der Waals surface area (Å²) in [6, 6.07) is 20.0. The molecule has 3 aromatic carbocycles. The third kappa shape index (κ3) is 7.93. The van der Waals surface area contributed by atoms with Gasteiger partial charge in [-0.15, -0.1) is 12.4 Å². The van der Waals surface area contributed by atoms with Crippen LogP contribution in [0.3, 0.4) is 0 Å². The predicted molar refractivity (Wildman–Crippen MR) is 155 cm³/mol. The first-order valence-corrected chi connectivity index (χ1v) is 12.8. The number of piperazine rings is 1. The van der Waals surface area contributed by atoms with E-state index in [0.717, 1.165) is 46.9 Å². The molecule has 0 aliphatic carbocycles. The summed E-state index contributed by atoms with van der Waals surface area (Å²) in [5.74, 6) is 0.478. The van der Waals surface area contributed by atoms with Crippen LogP contribution in [0.15, 0.2) is 71.2 Å². The van der Waals surface area contributed by atoms with Crippen molar-refractivity contribution in [2.75, 3.05) is 44.2 Å². The topological polar surface area (TPSA) is 79.1 Å². The number of rotatable bonds is 9. The molecule has 0 amide bonds. The number of para-hydroxylation sites is 1. The highest BCUT2D eigenvalue weighted by atomic mass is 79.9. The van der Waals surface area contributed by atoms with Gasteiger partial charge in [0.05, 0.1) is 15.6 Å². The number of ether oxygens (including phenoxy) is 1.